The number of rotatable bonds is 6. The lowest BCUT2D eigenvalue weighted by atomic mass is 9.95. The van der Waals surface area contributed by atoms with E-state index in [1.165, 1.54) is 4.90 Å². The lowest BCUT2D eigenvalue weighted by molar-refractivity contribution is 0.0957. The van der Waals surface area contributed by atoms with Gasteiger partial charge in [-0.1, -0.05) is 64.5 Å². The number of aromatic nitrogens is 1. The summed E-state index contributed by atoms with van der Waals surface area (Å²) in [6.45, 7) is 0.0453. The van der Waals surface area contributed by atoms with E-state index in [1.807, 2.05) is 48.7 Å². The number of amides is 1. The lowest BCUT2D eigenvalue weighted by Crippen LogP contribution is -2.45. The molecule has 1 aliphatic carbocycles. The number of hydrogen-bond donors (Lipinski definition) is 3. The summed E-state index contributed by atoms with van der Waals surface area (Å²) in [6.07, 6.45) is 1.31. The van der Waals surface area contributed by atoms with Gasteiger partial charge in [-0.05, 0) is 52.4 Å². The van der Waals surface area contributed by atoms with E-state index < -0.39 is 12.1 Å². The molecule has 1 atom stereocenters. The summed E-state index contributed by atoms with van der Waals surface area (Å²) in [4.78, 5) is 17.0. The molecule has 0 bridgehead atoms. The third-order valence-electron chi connectivity index (χ3n) is 6.42. The predicted molar refractivity (Wildman–Crippen MR) is 129 cm³/mol. The van der Waals surface area contributed by atoms with Crippen LogP contribution in [0.3, 0.4) is 0 Å². The topological polar surface area (TPSA) is 76.6 Å². The van der Waals surface area contributed by atoms with E-state index in [2.05, 4.69) is 45.2 Å². The second-order valence-corrected chi connectivity index (χ2v) is 9.12. The van der Waals surface area contributed by atoms with E-state index in [9.17, 15) is 15.0 Å². The number of halogens is 1. The Bertz CT molecular complexity index is 1250. The van der Waals surface area contributed by atoms with Crippen LogP contribution in [0, 0.1) is 0 Å². The van der Waals surface area contributed by atoms with E-state index in [-0.39, 0.29) is 12.5 Å². The Labute approximate surface area is 194 Å². The summed E-state index contributed by atoms with van der Waals surface area (Å²) in [5.41, 5.74) is 6.54. The van der Waals surface area contributed by atoms with E-state index in [1.54, 1.807) is 0 Å². The quantitative estimate of drug-likeness (QED) is 0.328. The fraction of sp³-hybridized carbons (Fsp3) is 0.192. The van der Waals surface area contributed by atoms with Gasteiger partial charge in [0, 0.05) is 34.0 Å². The molecule has 0 fully saturated rings. The van der Waals surface area contributed by atoms with Crippen LogP contribution in [0.4, 0.5) is 4.79 Å². The van der Waals surface area contributed by atoms with E-state index in [0.29, 0.717) is 13.0 Å². The molecule has 5 nitrogen and oxygen atoms in total. The molecular formula is C26H23BrN2O3. The number of benzene rings is 3. The predicted octanol–water partition coefficient (Wildman–Crippen LogP) is 5.63. The van der Waals surface area contributed by atoms with Crippen LogP contribution in [0.15, 0.2) is 77.4 Å². The first-order chi connectivity index (χ1) is 15.6. The molecule has 0 spiro atoms. The van der Waals surface area contributed by atoms with Gasteiger partial charge in [0.15, 0.2) is 0 Å². The molecule has 1 amide bonds. The Morgan fingerprint density at radius 1 is 1.03 bits per heavy atom. The number of H-pyrrole nitrogens is 1. The van der Waals surface area contributed by atoms with Gasteiger partial charge >= 0.3 is 6.09 Å². The van der Waals surface area contributed by atoms with Crippen molar-refractivity contribution in [3.05, 3.63) is 94.1 Å². The highest BCUT2D eigenvalue weighted by molar-refractivity contribution is 9.10. The lowest BCUT2D eigenvalue weighted by Gasteiger charge is -2.31. The molecule has 1 heterocycles. The number of hydrogen-bond acceptors (Lipinski definition) is 2. The summed E-state index contributed by atoms with van der Waals surface area (Å²) in [7, 11) is 0. The zero-order valence-electron chi connectivity index (χ0n) is 17.3. The minimum atomic E-state index is -1.02. The fourth-order valence-corrected chi connectivity index (χ4v) is 5.24. The highest BCUT2D eigenvalue weighted by Gasteiger charge is 2.33. The third kappa shape index (κ3) is 3.59. The van der Waals surface area contributed by atoms with Crippen molar-refractivity contribution in [3.63, 3.8) is 0 Å². The van der Waals surface area contributed by atoms with Crippen LogP contribution in [-0.4, -0.2) is 45.4 Å². The van der Waals surface area contributed by atoms with Crippen molar-refractivity contribution in [1.82, 2.24) is 9.88 Å². The van der Waals surface area contributed by atoms with Gasteiger partial charge in [-0.2, -0.15) is 0 Å². The maximum Gasteiger partial charge on any atom is 0.407 e. The van der Waals surface area contributed by atoms with Gasteiger partial charge in [0.2, 0.25) is 0 Å². The molecule has 3 aromatic carbocycles. The zero-order valence-corrected chi connectivity index (χ0v) is 18.9. The summed E-state index contributed by atoms with van der Waals surface area (Å²) in [5.74, 6) is -0.0651. The number of aliphatic hydroxyl groups is 1. The van der Waals surface area contributed by atoms with Crippen LogP contribution in [0.5, 0.6) is 0 Å². The number of aromatic amines is 1. The van der Waals surface area contributed by atoms with Gasteiger partial charge < -0.3 is 20.1 Å². The highest BCUT2D eigenvalue weighted by atomic mass is 79.9. The number of nitrogens with zero attached hydrogens (tertiary/aromatic N) is 1. The molecule has 0 saturated carbocycles. The molecule has 5 rings (SSSR count). The van der Waals surface area contributed by atoms with E-state index in [0.717, 1.165) is 43.2 Å². The van der Waals surface area contributed by atoms with Crippen molar-refractivity contribution in [2.45, 2.75) is 18.4 Å². The summed E-state index contributed by atoms with van der Waals surface area (Å²) in [5, 5.41) is 21.4. The average molecular weight is 491 g/mol. The maximum absolute atomic E-state index is 12.4. The fourth-order valence-electron chi connectivity index (χ4n) is 4.88. The smallest absolute Gasteiger partial charge is 0.407 e. The Morgan fingerprint density at radius 2 is 1.69 bits per heavy atom. The number of nitrogens with one attached hydrogen (secondary N) is 1. The van der Waals surface area contributed by atoms with Gasteiger partial charge in [-0.3, -0.25) is 0 Å². The summed E-state index contributed by atoms with van der Waals surface area (Å²) in [6, 6.07) is 21.8. The molecule has 0 aliphatic heterocycles. The van der Waals surface area contributed by atoms with Gasteiger partial charge in [-0.15, -0.1) is 0 Å². The van der Waals surface area contributed by atoms with Crippen LogP contribution >= 0.6 is 15.9 Å². The molecule has 32 heavy (non-hydrogen) atoms. The van der Waals surface area contributed by atoms with E-state index in [4.69, 9.17) is 0 Å². The van der Waals surface area contributed by atoms with Crippen LogP contribution < -0.4 is 0 Å². The monoisotopic (exact) mass is 490 g/mol. The Kier molecular flexibility index (Phi) is 5.49. The second-order valence-electron chi connectivity index (χ2n) is 8.21. The van der Waals surface area contributed by atoms with Crippen molar-refractivity contribution >= 4 is 32.9 Å². The van der Waals surface area contributed by atoms with Crippen LogP contribution in [0.2, 0.25) is 0 Å². The molecule has 0 unspecified atom stereocenters. The molecule has 162 valence electrons. The molecule has 0 radical (unpaired) electrons. The van der Waals surface area contributed by atoms with Gasteiger partial charge in [0.1, 0.15) is 0 Å². The van der Waals surface area contributed by atoms with E-state index >= 15 is 0 Å². The zero-order chi connectivity index (χ0) is 22.2. The number of aliphatic hydroxyl groups excluding tert-OH is 1. The molecule has 6 heteroatoms. The Morgan fingerprint density at radius 3 is 2.31 bits per heavy atom. The van der Waals surface area contributed by atoms with Crippen molar-refractivity contribution in [2.24, 2.45) is 0 Å². The SMILES string of the molecule is O=C(O)N(CC1c2ccccc2-c2ccccc21)[C@H](CO)Cc1c[nH]c2ccc(Br)cc12. The summed E-state index contributed by atoms with van der Waals surface area (Å²) >= 11 is 3.51. The Balaban J connectivity index is 1.48. The first-order valence-corrected chi connectivity index (χ1v) is 11.4. The maximum atomic E-state index is 12.4. The molecule has 0 saturated heterocycles. The van der Waals surface area contributed by atoms with Crippen LogP contribution in [-0.2, 0) is 6.42 Å². The molecule has 1 aliphatic rings. The van der Waals surface area contributed by atoms with Gasteiger partial charge in [0.05, 0.1) is 12.6 Å². The molecular weight excluding hydrogens is 468 g/mol. The van der Waals surface area contributed by atoms with Crippen molar-refractivity contribution < 1.29 is 15.0 Å². The molecule has 3 N–H and O–H groups in total. The van der Waals surface area contributed by atoms with Crippen molar-refractivity contribution in [3.8, 4) is 11.1 Å². The minimum absolute atomic E-state index is 0.0651. The second kappa shape index (κ2) is 8.45. The summed E-state index contributed by atoms with van der Waals surface area (Å²) < 4.78 is 0.959. The van der Waals surface area contributed by atoms with Crippen molar-refractivity contribution in [2.75, 3.05) is 13.2 Å². The first kappa shape index (κ1) is 20.8. The van der Waals surface area contributed by atoms with Crippen molar-refractivity contribution in [1.29, 1.82) is 0 Å². The number of fused-ring (bicyclic) bond motifs is 4. The largest absolute Gasteiger partial charge is 0.465 e. The Hall–Kier alpha value is -3.09. The van der Waals surface area contributed by atoms with Crippen LogP contribution in [0.25, 0.3) is 22.0 Å². The third-order valence-corrected chi connectivity index (χ3v) is 6.92. The molecule has 1 aromatic heterocycles. The first-order valence-electron chi connectivity index (χ1n) is 10.6. The van der Waals surface area contributed by atoms with Gasteiger partial charge in [-0.25, -0.2) is 4.79 Å². The number of carbonyl (C=O) groups is 1. The standard InChI is InChI=1S/C26H23BrN2O3/c27-17-9-10-25-23(12-17)16(13-28-25)11-18(15-30)29(26(31)32)14-24-21-7-3-1-5-19(21)20-6-2-4-8-22(20)24/h1-10,12-13,18,24,28,30H,11,14-15H2,(H,31,32)/t18-/m0/s1. The average Bonchev–Trinajstić information content (AvgIpc) is 3.34. The highest BCUT2D eigenvalue weighted by Crippen LogP contribution is 2.45. The minimum Gasteiger partial charge on any atom is -0.465 e. The normalized spacial score (nSPS) is 13.7. The number of carboxylic acid groups (broad SMARTS) is 1. The molecule has 4 aromatic rings. The van der Waals surface area contributed by atoms with Gasteiger partial charge in [0.25, 0.3) is 0 Å². The van der Waals surface area contributed by atoms with Crippen LogP contribution in [0.1, 0.15) is 22.6 Å².